The number of nitrogens with one attached hydrogen (secondary N) is 1. The lowest BCUT2D eigenvalue weighted by atomic mass is 10.2. The van der Waals surface area contributed by atoms with Gasteiger partial charge in [-0.2, -0.15) is 0 Å². The molecule has 0 unspecified atom stereocenters. The Balaban J connectivity index is 3.49. The number of aromatic carboxylic acids is 1. The number of carboxylic acid groups (broad SMARTS) is 1. The van der Waals surface area contributed by atoms with E-state index in [0.29, 0.717) is 0 Å². The van der Waals surface area contributed by atoms with Crippen molar-refractivity contribution in [2.24, 2.45) is 0 Å². The molecule has 0 radical (unpaired) electrons. The van der Waals surface area contributed by atoms with Gasteiger partial charge in [-0.25, -0.2) is 4.79 Å². The van der Waals surface area contributed by atoms with E-state index >= 15 is 0 Å². The van der Waals surface area contributed by atoms with E-state index in [2.05, 4.69) is 4.98 Å². The third-order valence-corrected chi connectivity index (χ3v) is 1.43. The number of aromatic hydroxyl groups is 1. The maximum Gasteiger partial charge on any atom is 0.356 e. The molecule has 0 aromatic carbocycles. The average Bonchev–Trinajstić information content (AvgIpc) is 2.09. The van der Waals surface area contributed by atoms with Gasteiger partial charge in [0.25, 0.3) is 0 Å². The predicted molar refractivity (Wildman–Crippen MR) is 41.1 cm³/mol. The third-order valence-electron chi connectivity index (χ3n) is 1.43. The summed E-state index contributed by atoms with van der Waals surface area (Å²) in [6.45, 7) is 0. The number of aldehydes is 1. The molecule has 0 amide bonds. The maximum absolute atomic E-state index is 11.0. The van der Waals surface area contributed by atoms with Gasteiger partial charge in [0.05, 0.1) is 5.56 Å². The van der Waals surface area contributed by atoms with Crippen LogP contribution < -0.4 is 5.43 Å². The first-order chi connectivity index (χ1) is 6.07. The van der Waals surface area contributed by atoms with Gasteiger partial charge in [-0.05, 0) is 0 Å². The number of aromatic nitrogens is 1. The van der Waals surface area contributed by atoms with Crippen LogP contribution in [0, 0.1) is 0 Å². The van der Waals surface area contributed by atoms with E-state index in [1.807, 2.05) is 0 Å². The van der Waals surface area contributed by atoms with Gasteiger partial charge in [0.1, 0.15) is 0 Å². The summed E-state index contributed by atoms with van der Waals surface area (Å²) in [5.41, 5.74) is -1.94. The second-order valence-corrected chi connectivity index (χ2v) is 2.22. The smallest absolute Gasteiger partial charge is 0.356 e. The summed E-state index contributed by atoms with van der Waals surface area (Å²) in [4.78, 5) is 33.6. The van der Waals surface area contributed by atoms with Gasteiger partial charge in [-0.3, -0.25) is 9.59 Å². The van der Waals surface area contributed by atoms with Crippen LogP contribution in [0.3, 0.4) is 0 Å². The van der Waals surface area contributed by atoms with Crippen LogP contribution in [0.15, 0.2) is 11.0 Å². The monoisotopic (exact) mass is 183 g/mol. The molecule has 1 aromatic heterocycles. The Morgan fingerprint density at radius 1 is 1.54 bits per heavy atom. The summed E-state index contributed by atoms with van der Waals surface area (Å²) < 4.78 is 0. The zero-order chi connectivity index (χ0) is 10.0. The van der Waals surface area contributed by atoms with Gasteiger partial charge < -0.3 is 15.2 Å². The standard InChI is InChI=1S/C7H5NO5/c9-2-3-1-8-4(7(12)13)6(11)5(3)10/h1-2,11H,(H,8,10)(H,12,13). The first kappa shape index (κ1) is 8.98. The van der Waals surface area contributed by atoms with Crippen molar-refractivity contribution < 1.29 is 19.8 Å². The van der Waals surface area contributed by atoms with Gasteiger partial charge in [-0.1, -0.05) is 0 Å². The Hall–Kier alpha value is -2.11. The lowest BCUT2D eigenvalue weighted by Crippen LogP contribution is -2.13. The Labute approximate surface area is 71.5 Å². The van der Waals surface area contributed by atoms with Crippen LogP contribution in [-0.4, -0.2) is 27.5 Å². The Bertz CT molecular complexity index is 419. The minimum Gasteiger partial charge on any atom is -0.502 e. The number of pyridine rings is 1. The van der Waals surface area contributed by atoms with Crippen LogP contribution in [0.2, 0.25) is 0 Å². The molecule has 0 saturated carbocycles. The molecule has 1 heterocycles. The summed E-state index contributed by atoms with van der Waals surface area (Å²) >= 11 is 0. The molecule has 3 N–H and O–H groups in total. The summed E-state index contributed by atoms with van der Waals surface area (Å²) in [6.07, 6.45) is 1.16. The topological polar surface area (TPSA) is 107 Å². The van der Waals surface area contributed by atoms with Crippen molar-refractivity contribution in [3.63, 3.8) is 0 Å². The van der Waals surface area contributed by atoms with Crippen LogP contribution >= 0.6 is 0 Å². The molecule has 68 valence electrons. The van der Waals surface area contributed by atoms with Crippen molar-refractivity contribution in [2.45, 2.75) is 0 Å². The molecule has 13 heavy (non-hydrogen) atoms. The fourth-order valence-corrected chi connectivity index (χ4v) is 0.785. The summed E-state index contributed by atoms with van der Waals surface area (Å²) in [5.74, 6) is -2.43. The van der Waals surface area contributed by atoms with E-state index in [4.69, 9.17) is 10.2 Å². The molecular formula is C7H5NO5. The first-order valence-electron chi connectivity index (χ1n) is 3.21. The molecule has 0 aliphatic rings. The summed E-state index contributed by atoms with van der Waals surface area (Å²) in [5, 5.41) is 17.4. The van der Waals surface area contributed by atoms with E-state index in [1.54, 1.807) is 0 Å². The lowest BCUT2D eigenvalue weighted by Gasteiger charge is -1.98. The molecule has 0 bridgehead atoms. The maximum atomic E-state index is 11.0. The predicted octanol–water partition coefficient (Wildman–Crippen LogP) is -0.409. The van der Waals surface area contributed by atoms with Crippen LogP contribution in [0.4, 0.5) is 0 Å². The fraction of sp³-hybridized carbons (Fsp3) is 0. The second kappa shape index (κ2) is 3.10. The van der Waals surface area contributed by atoms with E-state index in [1.165, 1.54) is 0 Å². The van der Waals surface area contributed by atoms with Crippen LogP contribution in [-0.2, 0) is 0 Å². The first-order valence-corrected chi connectivity index (χ1v) is 3.21. The zero-order valence-electron chi connectivity index (χ0n) is 6.27. The van der Waals surface area contributed by atoms with E-state index in [9.17, 15) is 14.4 Å². The number of carboxylic acids is 1. The van der Waals surface area contributed by atoms with Crippen LogP contribution in [0.25, 0.3) is 0 Å². The van der Waals surface area contributed by atoms with E-state index < -0.39 is 22.8 Å². The number of hydrogen-bond acceptors (Lipinski definition) is 4. The third kappa shape index (κ3) is 1.41. The molecule has 0 spiro atoms. The highest BCUT2D eigenvalue weighted by Crippen LogP contribution is 2.07. The molecule has 1 rings (SSSR count). The van der Waals surface area contributed by atoms with Crippen molar-refractivity contribution in [3.05, 3.63) is 27.7 Å². The minimum atomic E-state index is -1.47. The molecule has 6 heteroatoms. The van der Waals surface area contributed by atoms with E-state index in [0.717, 1.165) is 6.20 Å². The molecule has 0 fully saturated rings. The molecule has 0 aliphatic heterocycles. The Morgan fingerprint density at radius 2 is 2.15 bits per heavy atom. The Morgan fingerprint density at radius 3 is 2.62 bits per heavy atom. The molecule has 0 saturated heterocycles. The van der Waals surface area contributed by atoms with Crippen molar-refractivity contribution >= 4 is 12.3 Å². The number of rotatable bonds is 2. The quantitative estimate of drug-likeness (QED) is 0.540. The number of aromatic amines is 1. The fourth-order valence-electron chi connectivity index (χ4n) is 0.785. The van der Waals surface area contributed by atoms with Crippen molar-refractivity contribution in [2.75, 3.05) is 0 Å². The van der Waals surface area contributed by atoms with Gasteiger partial charge in [0.15, 0.2) is 17.7 Å². The number of carbonyl (C=O) groups is 2. The van der Waals surface area contributed by atoms with Crippen LogP contribution in [0.5, 0.6) is 5.75 Å². The zero-order valence-corrected chi connectivity index (χ0v) is 6.27. The summed E-state index contributed by atoms with van der Waals surface area (Å²) in [6, 6.07) is 0. The van der Waals surface area contributed by atoms with Crippen molar-refractivity contribution in [1.82, 2.24) is 4.98 Å². The van der Waals surface area contributed by atoms with Crippen molar-refractivity contribution in [1.29, 1.82) is 0 Å². The highest BCUT2D eigenvalue weighted by molar-refractivity contribution is 5.89. The molecular weight excluding hydrogens is 178 g/mol. The molecule has 6 nitrogen and oxygen atoms in total. The van der Waals surface area contributed by atoms with E-state index in [-0.39, 0.29) is 11.8 Å². The molecule has 0 aliphatic carbocycles. The Kier molecular flexibility index (Phi) is 2.14. The van der Waals surface area contributed by atoms with Gasteiger partial charge >= 0.3 is 5.97 Å². The molecule has 0 atom stereocenters. The van der Waals surface area contributed by atoms with Gasteiger partial charge in [0, 0.05) is 6.20 Å². The molecule has 1 aromatic rings. The average molecular weight is 183 g/mol. The van der Waals surface area contributed by atoms with Crippen LogP contribution in [0.1, 0.15) is 20.8 Å². The highest BCUT2D eigenvalue weighted by Gasteiger charge is 2.14. The number of hydrogen-bond donors (Lipinski definition) is 3. The second-order valence-electron chi connectivity index (χ2n) is 2.22. The van der Waals surface area contributed by atoms with Gasteiger partial charge in [-0.15, -0.1) is 0 Å². The van der Waals surface area contributed by atoms with Crippen molar-refractivity contribution in [3.8, 4) is 5.75 Å². The number of H-pyrrole nitrogens is 1. The number of carbonyl (C=O) groups excluding carboxylic acids is 1. The largest absolute Gasteiger partial charge is 0.502 e. The summed E-state index contributed by atoms with van der Waals surface area (Å²) in [7, 11) is 0. The minimum absolute atomic E-state index is 0.226. The highest BCUT2D eigenvalue weighted by atomic mass is 16.4. The van der Waals surface area contributed by atoms with Gasteiger partial charge in [0.2, 0.25) is 5.43 Å². The SMILES string of the molecule is O=Cc1c[nH]c(C(=O)O)c(O)c1=O. The normalized spacial score (nSPS) is 9.54. The lowest BCUT2D eigenvalue weighted by molar-refractivity contribution is 0.0686.